The van der Waals surface area contributed by atoms with Crippen molar-refractivity contribution in [2.45, 2.75) is 387 Å². The fourth-order valence-electron chi connectivity index (χ4n) is 11.0. The number of allylic oxidation sites excluding steroid dienone is 4. The lowest BCUT2D eigenvalue weighted by Crippen LogP contribution is -2.30. The minimum absolute atomic E-state index is 0.0849. The maximum absolute atomic E-state index is 13.1. The summed E-state index contributed by atoms with van der Waals surface area (Å²) in [6.07, 6.45) is 57.4. The number of aliphatic hydroxyl groups excluding tert-OH is 1. The van der Waals surface area contributed by atoms with Crippen LogP contribution in [0.2, 0.25) is 0 Å². The molecule has 0 aliphatic rings. The van der Waals surface area contributed by atoms with Gasteiger partial charge in [0.1, 0.15) is 19.3 Å². The Bertz CT molecular complexity index is 1940. The normalized spacial score (nSPS) is 14.7. The summed E-state index contributed by atoms with van der Waals surface area (Å²) in [6, 6.07) is 0. The molecule has 0 aliphatic heterocycles. The number of esters is 4. The number of hydrogen-bond donors (Lipinski definition) is 3. The second-order valence-corrected chi connectivity index (χ2v) is 30.1. The van der Waals surface area contributed by atoms with E-state index in [2.05, 4.69) is 65.8 Å². The van der Waals surface area contributed by atoms with Crippen LogP contribution in [0.15, 0.2) is 24.3 Å². The number of rotatable bonds is 73. The summed E-state index contributed by atoms with van der Waals surface area (Å²) in [7, 11) is -9.93. The Morgan fingerprint density at radius 3 is 0.895 bits per heavy atom. The van der Waals surface area contributed by atoms with Crippen LogP contribution in [0.25, 0.3) is 0 Å². The van der Waals surface area contributed by atoms with Crippen molar-refractivity contribution in [2.24, 2.45) is 11.8 Å². The van der Waals surface area contributed by atoms with Crippen molar-refractivity contribution in [3.8, 4) is 0 Å². The zero-order valence-electron chi connectivity index (χ0n) is 61.5. The van der Waals surface area contributed by atoms with Crippen molar-refractivity contribution in [2.75, 3.05) is 39.6 Å². The molecule has 7 atom stereocenters. The highest BCUT2D eigenvalue weighted by molar-refractivity contribution is 7.47. The number of carbonyl (C=O) groups is 4. The van der Waals surface area contributed by atoms with Crippen molar-refractivity contribution in [3.63, 3.8) is 0 Å². The van der Waals surface area contributed by atoms with E-state index in [1.165, 1.54) is 173 Å². The Labute approximate surface area is 580 Å². The largest absolute Gasteiger partial charge is 0.472 e. The van der Waals surface area contributed by atoms with E-state index in [-0.39, 0.29) is 25.7 Å². The smallest absolute Gasteiger partial charge is 0.462 e. The quantitative estimate of drug-likeness (QED) is 0.0169. The molecule has 0 aromatic rings. The maximum Gasteiger partial charge on any atom is 0.472 e. The van der Waals surface area contributed by atoms with Gasteiger partial charge in [0.15, 0.2) is 12.2 Å². The molecule has 0 amide bonds. The minimum Gasteiger partial charge on any atom is -0.462 e. The van der Waals surface area contributed by atoms with Crippen LogP contribution >= 0.6 is 15.6 Å². The molecule has 0 aliphatic carbocycles. The first-order valence-electron chi connectivity index (χ1n) is 38.9. The van der Waals surface area contributed by atoms with E-state index in [0.717, 1.165) is 115 Å². The highest BCUT2D eigenvalue weighted by Gasteiger charge is 2.30. The molecule has 0 aromatic carbocycles. The average Bonchev–Trinajstić information content (AvgIpc) is 1.35. The lowest BCUT2D eigenvalue weighted by molar-refractivity contribution is -0.161. The summed E-state index contributed by atoms with van der Waals surface area (Å²) in [5.41, 5.74) is 0. The summed E-state index contributed by atoms with van der Waals surface area (Å²) >= 11 is 0. The molecular formula is C76H144O17P2. The molecule has 0 saturated carbocycles. The van der Waals surface area contributed by atoms with Crippen LogP contribution in [0.1, 0.15) is 369 Å². The molecule has 0 bridgehead atoms. The SMILES string of the molecule is CCCCCC/C=C\C=C/CCCCCCCC(=O)O[C@H](COC(=O)CCCCCCCCCCCCC(C)CC)COP(=O)(O)OC[C@@H](O)COP(=O)(O)OC[C@@H](COC(=O)CCCCCCCCCCC(C)CC)OC(=O)CCCCCCCCCCCCCCCC. The number of unbranched alkanes of at least 4 members (excludes halogenated alkanes) is 38. The molecule has 0 spiro atoms. The first kappa shape index (κ1) is 92.5. The van der Waals surface area contributed by atoms with E-state index in [1.54, 1.807) is 0 Å². The molecule has 0 fully saturated rings. The van der Waals surface area contributed by atoms with Crippen LogP contribution in [-0.4, -0.2) is 96.7 Å². The molecule has 19 heteroatoms. The first-order valence-corrected chi connectivity index (χ1v) is 41.9. The number of carbonyl (C=O) groups excluding carboxylic acids is 4. The number of hydrogen-bond acceptors (Lipinski definition) is 15. The zero-order valence-corrected chi connectivity index (χ0v) is 63.2. The average molecular weight is 1390 g/mol. The monoisotopic (exact) mass is 1390 g/mol. The lowest BCUT2D eigenvalue weighted by atomic mass is 9.99. The Balaban J connectivity index is 5.31. The van der Waals surface area contributed by atoms with Gasteiger partial charge >= 0.3 is 39.5 Å². The third kappa shape index (κ3) is 67.2. The Morgan fingerprint density at radius 2 is 0.589 bits per heavy atom. The van der Waals surface area contributed by atoms with Gasteiger partial charge in [-0.25, -0.2) is 9.13 Å². The second kappa shape index (κ2) is 67.4. The van der Waals surface area contributed by atoms with E-state index in [0.29, 0.717) is 25.7 Å². The van der Waals surface area contributed by atoms with E-state index < -0.39 is 97.5 Å². The van der Waals surface area contributed by atoms with Crippen LogP contribution in [0.4, 0.5) is 0 Å². The summed E-state index contributed by atoms with van der Waals surface area (Å²) < 4.78 is 68.5. The minimum atomic E-state index is -4.97. The standard InChI is InChI=1S/C76H144O17P2/c1-7-11-13-15-17-19-21-23-25-27-29-35-43-49-55-61-76(81)92-71(64-86-73(78)58-52-46-40-33-31-30-32-38-44-50-56-68(5)9-3)66-90-94(82,83)88-62-70(77)63-89-95(84,85)91-67-72(65-87-74(79)59-53-47-41-37-36-39-45-51-57-69(6)10-4)93-75(80)60-54-48-42-34-28-26-24-22-20-18-16-14-12-8-2/h19,21,23,25,68-72,77H,7-18,20,22,24,26-67H2,1-6H3,(H,82,83)(H,84,85)/b21-19-,25-23-/t68?,69?,70-,71-,72-/m1/s1. The molecule has 0 aromatic heterocycles. The summed E-state index contributed by atoms with van der Waals surface area (Å²) in [5.74, 6) is -0.562. The molecule has 0 radical (unpaired) electrons. The number of aliphatic hydroxyl groups is 1. The first-order chi connectivity index (χ1) is 45.9. The predicted molar refractivity (Wildman–Crippen MR) is 386 cm³/mol. The van der Waals surface area contributed by atoms with E-state index in [9.17, 15) is 43.2 Å². The molecule has 17 nitrogen and oxygen atoms in total. The van der Waals surface area contributed by atoms with Crippen LogP contribution in [0.3, 0.4) is 0 Å². The van der Waals surface area contributed by atoms with E-state index in [1.807, 2.05) is 0 Å². The van der Waals surface area contributed by atoms with Crippen molar-refractivity contribution in [1.82, 2.24) is 0 Å². The molecular weight excluding hydrogens is 1250 g/mol. The molecule has 4 unspecified atom stereocenters. The Hall–Kier alpha value is -2.46. The van der Waals surface area contributed by atoms with Gasteiger partial charge in [0, 0.05) is 25.7 Å². The lowest BCUT2D eigenvalue weighted by Gasteiger charge is -2.21. The second-order valence-electron chi connectivity index (χ2n) is 27.2. The molecule has 3 N–H and O–H groups in total. The van der Waals surface area contributed by atoms with Gasteiger partial charge in [0.2, 0.25) is 0 Å². The molecule has 0 saturated heterocycles. The highest BCUT2D eigenvalue weighted by Crippen LogP contribution is 2.45. The maximum atomic E-state index is 13.1. The van der Waals surface area contributed by atoms with E-state index >= 15 is 0 Å². The fraction of sp³-hybridized carbons (Fsp3) is 0.895. The van der Waals surface area contributed by atoms with E-state index in [4.69, 9.17) is 37.0 Å². The van der Waals surface area contributed by atoms with Crippen LogP contribution in [0, 0.1) is 11.8 Å². The van der Waals surface area contributed by atoms with Gasteiger partial charge in [0.05, 0.1) is 26.4 Å². The molecule has 560 valence electrons. The van der Waals surface area contributed by atoms with Gasteiger partial charge in [-0.1, -0.05) is 316 Å². The van der Waals surface area contributed by atoms with Gasteiger partial charge in [-0.2, -0.15) is 0 Å². The third-order valence-corrected chi connectivity index (χ3v) is 19.7. The van der Waals surface area contributed by atoms with Gasteiger partial charge in [-0.15, -0.1) is 0 Å². The Morgan fingerprint density at radius 1 is 0.337 bits per heavy atom. The van der Waals surface area contributed by atoms with Crippen LogP contribution in [-0.2, 0) is 65.4 Å². The summed E-state index contributed by atoms with van der Waals surface area (Å²) in [4.78, 5) is 72.8. The predicted octanol–water partition coefficient (Wildman–Crippen LogP) is 21.9. The molecule has 0 heterocycles. The summed E-state index contributed by atoms with van der Waals surface area (Å²) in [5, 5.41) is 10.6. The van der Waals surface area contributed by atoms with Gasteiger partial charge in [-0.05, 0) is 63.2 Å². The van der Waals surface area contributed by atoms with Gasteiger partial charge < -0.3 is 33.8 Å². The number of phosphoric acid groups is 2. The van der Waals surface area contributed by atoms with Crippen molar-refractivity contribution < 1.29 is 80.2 Å². The van der Waals surface area contributed by atoms with Crippen molar-refractivity contribution >= 4 is 39.5 Å². The van der Waals surface area contributed by atoms with Crippen molar-refractivity contribution in [1.29, 1.82) is 0 Å². The highest BCUT2D eigenvalue weighted by atomic mass is 31.2. The third-order valence-electron chi connectivity index (χ3n) is 17.8. The van der Waals surface area contributed by atoms with Crippen LogP contribution in [0.5, 0.6) is 0 Å². The topological polar surface area (TPSA) is 237 Å². The van der Waals surface area contributed by atoms with Gasteiger partial charge in [-0.3, -0.25) is 37.3 Å². The zero-order chi connectivity index (χ0) is 70.0. The number of ether oxygens (including phenoxy) is 4. The fourth-order valence-corrected chi connectivity index (χ4v) is 12.6. The summed E-state index contributed by atoms with van der Waals surface area (Å²) in [6.45, 7) is 9.56. The van der Waals surface area contributed by atoms with Crippen molar-refractivity contribution in [3.05, 3.63) is 24.3 Å². The molecule has 0 rings (SSSR count). The molecule has 95 heavy (non-hydrogen) atoms. The number of phosphoric ester groups is 2. The Kier molecular flexibility index (Phi) is 65.6. The van der Waals surface area contributed by atoms with Crippen LogP contribution < -0.4 is 0 Å². The van der Waals surface area contributed by atoms with Gasteiger partial charge in [0.25, 0.3) is 0 Å².